The average Bonchev–Trinajstić information content (AvgIpc) is 3.12. The highest BCUT2D eigenvalue weighted by Crippen LogP contribution is 2.33. The quantitative estimate of drug-likeness (QED) is 0.411. The summed E-state index contributed by atoms with van der Waals surface area (Å²) in [6.45, 7) is -0.241. The number of nitrogens with zero attached hydrogens (tertiary/aromatic N) is 3. The van der Waals surface area contributed by atoms with Crippen LogP contribution in [0.15, 0.2) is 18.2 Å². The first-order chi connectivity index (χ1) is 14.2. The minimum atomic E-state index is -3.81. The number of anilines is 2. The number of amides is 1. The third-order valence-electron chi connectivity index (χ3n) is 5.04. The Labute approximate surface area is 173 Å². The molecule has 30 heavy (non-hydrogen) atoms. The first-order valence-corrected chi connectivity index (χ1v) is 11.1. The highest BCUT2D eigenvalue weighted by atomic mass is 32.2. The van der Waals surface area contributed by atoms with Gasteiger partial charge in [-0.05, 0) is 18.2 Å². The summed E-state index contributed by atoms with van der Waals surface area (Å²) < 4.78 is 60.2. The maximum absolute atomic E-state index is 14.9. The first-order valence-electron chi connectivity index (χ1n) is 9.30. The van der Waals surface area contributed by atoms with Gasteiger partial charge >= 0.3 is 0 Å². The van der Waals surface area contributed by atoms with Crippen LogP contribution in [-0.2, 0) is 28.6 Å². The Morgan fingerprint density at radius 1 is 1.30 bits per heavy atom. The van der Waals surface area contributed by atoms with Crippen molar-refractivity contribution in [2.24, 2.45) is 0 Å². The van der Waals surface area contributed by atoms with Gasteiger partial charge in [0, 0.05) is 31.9 Å². The van der Waals surface area contributed by atoms with Crippen LogP contribution in [0.2, 0.25) is 0 Å². The van der Waals surface area contributed by atoms with Gasteiger partial charge in [-0.3, -0.25) is 13.8 Å². The molecular weight excluding hydrogens is 424 g/mol. The Kier molecular flexibility index (Phi) is 6.58. The Balaban J connectivity index is 1.79. The largest absolute Gasteiger partial charge is 0.358 e. The number of carbonyl (C=O) groups is 2. The van der Waals surface area contributed by atoms with Crippen molar-refractivity contribution in [2.75, 3.05) is 68.7 Å². The molecule has 166 valence electrons. The zero-order valence-corrected chi connectivity index (χ0v) is 17.2. The normalized spacial score (nSPS) is 22.6. The van der Waals surface area contributed by atoms with Gasteiger partial charge in [0.15, 0.2) is 6.29 Å². The lowest BCUT2D eigenvalue weighted by atomic mass is 10.1. The molecule has 0 spiro atoms. The van der Waals surface area contributed by atoms with Gasteiger partial charge in [-0.1, -0.05) is 0 Å². The van der Waals surface area contributed by atoms with E-state index in [0.29, 0.717) is 25.1 Å². The molecule has 2 saturated heterocycles. The number of benzene rings is 1. The van der Waals surface area contributed by atoms with Gasteiger partial charge < -0.3 is 19.4 Å². The molecule has 0 N–H and O–H groups in total. The van der Waals surface area contributed by atoms with Crippen molar-refractivity contribution >= 4 is 33.7 Å². The topological polar surface area (TPSA) is 96.5 Å². The van der Waals surface area contributed by atoms with Crippen LogP contribution in [0.1, 0.15) is 0 Å². The van der Waals surface area contributed by atoms with Gasteiger partial charge in [-0.2, -0.15) is 8.42 Å². The van der Waals surface area contributed by atoms with Crippen LogP contribution >= 0.6 is 0 Å². The highest BCUT2D eigenvalue weighted by Gasteiger charge is 2.44. The second-order valence-electron chi connectivity index (χ2n) is 7.06. The lowest BCUT2D eigenvalue weighted by Gasteiger charge is -2.36. The summed E-state index contributed by atoms with van der Waals surface area (Å²) in [6, 6.07) is 4.24. The second kappa shape index (κ2) is 8.82. The lowest BCUT2D eigenvalue weighted by Crippen LogP contribution is -2.51. The summed E-state index contributed by atoms with van der Waals surface area (Å²) in [5, 5.41) is 0. The number of ether oxygens (including phenoxy) is 1. The van der Waals surface area contributed by atoms with E-state index in [1.165, 1.54) is 21.9 Å². The van der Waals surface area contributed by atoms with Crippen LogP contribution < -0.4 is 9.80 Å². The fraction of sp³-hybridized carbons (Fsp3) is 0.556. The van der Waals surface area contributed by atoms with E-state index in [1.807, 2.05) is 0 Å². The monoisotopic (exact) mass is 447 g/mol. The van der Waals surface area contributed by atoms with Crippen LogP contribution in [0.5, 0.6) is 0 Å². The third-order valence-corrected chi connectivity index (χ3v) is 5.59. The molecule has 0 aromatic heterocycles. The average molecular weight is 447 g/mol. The van der Waals surface area contributed by atoms with Gasteiger partial charge in [-0.25, -0.2) is 8.78 Å². The molecule has 2 heterocycles. The molecule has 1 aromatic carbocycles. The maximum atomic E-state index is 14.9. The number of carbonyl (C=O) groups excluding carboxylic acids is 2. The van der Waals surface area contributed by atoms with E-state index in [9.17, 15) is 26.8 Å². The van der Waals surface area contributed by atoms with Crippen LogP contribution in [0.25, 0.3) is 0 Å². The fourth-order valence-electron chi connectivity index (χ4n) is 3.54. The van der Waals surface area contributed by atoms with E-state index in [-0.39, 0.29) is 37.8 Å². The zero-order valence-electron chi connectivity index (χ0n) is 16.4. The number of alkyl halides is 1. The molecule has 3 rings (SSSR count). The molecule has 12 heteroatoms. The van der Waals surface area contributed by atoms with Gasteiger partial charge in [0.1, 0.15) is 19.1 Å². The number of piperazine rings is 1. The van der Waals surface area contributed by atoms with Crippen molar-refractivity contribution in [1.82, 2.24) is 4.90 Å². The van der Waals surface area contributed by atoms with E-state index in [2.05, 4.69) is 0 Å². The first kappa shape index (κ1) is 22.4. The minimum absolute atomic E-state index is 0.0202. The van der Waals surface area contributed by atoms with Crippen molar-refractivity contribution in [3.05, 3.63) is 24.0 Å². The van der Waals surface area contributed by atoms with Crippen molar-refractivity contribution in [3.8, 4) is 0 Å². The fourth-order valence-corrected chi connectivity index (χ4v) is 3.93. The van der Waals surface area contributed by atoms with Crippen LogP contribution in [-0.4, -0.2) is 90.1 Å². The van der Waals surface area contributed by atoms with E-state index in [4.69, 9.17) is 8.92 Å². The molecular formula is C18H23F2N3O6S. The summed E-state index contributed by atoms with van der Waals surface area (Å²) in [6.07, 6.45) is 1.29. The van der Waals surface area contributed by atoms with Crippen molar-refractivity contribution < 1.29 is 35.7 Å². The highest BCUT2D eigenvalue weighted by molar-refractivity contribution is 7.85. The van der Waals surface area contributed by atoms with Gasteiger partial charge in [0.25, 0.3) is 10.1 Å². The molecule has 9 nitrogen and oxygen atoms in total. The Morgan fingerprint density at radius 3 is 2.67 bits per heavy atom. The molecule has 1 aromatic rings. The molecule has 1 unspecified atom stereocenters. The third kappa shape index (κ3) is 4.71. The molecule has 1 atom stereocenters. The van der Waals surface area contributed by atoms with Crippen molar-refractivity contribution in [3.63, 3.8) is 0 Å². The lowest BCUT2D eigenvalue weighted by molar-refractivity contribution is -0.131. The van der Waals surface area contributed by atoms with E-state index in [1.54, 1.807) is 11.0 Å². The standard InChI is InChI=1S/C18H23F2N3O6S/c1-30(26,27)29-13-18(12-24)23(8-9-28-18)14-2-3-16(15(20)10-14)22-7-6-21(5-4-19)17(25)11-22/h2-3,10,12H,4-9,11,13H2,1H3. The number of halogens is 2. The Hall–Kier alpha value is -2.31. The molecule has 2 aliphatic rings. The van der Waals surface area contributed by atoms with Crippen LogP contribution in [0.4, 0.5) is 20.2 Å². The summed E-state index contributed by atoms with van der Waals surface area (Å²) in [7, 11) is -3.81. The summed E-state index contributed by atoms with van der Waals surface area (Å²) in [5.74, 6) is -0.900. The molecule has 2 fully saturated rings. The number of hydrogen-bond acceptors (Lipinski definition) is 8. The Bertz CT molecular complexity index is 915. The molecule has 0 aliphatic carbocycles. The summed E-state index contributed by atoms with van der Waals surface area (Å²) in [5.41, 5.74) is -1.18. The van der Waals surface area contributed by atoms with Crippen molar-refractivity contribution in [1.29, 1.82) is 0 Å². The minimum Gasteiger partial charge on any atom is -0.358 e. The van der Waals surface area contributed by atoms with Gasteiger partial charge in [-0.15, -0.1) is 0 Å². The Morgan fingerprint density at radius 2 is 2.07 bits per heavy atom. The SMILES string of the molecule is CS(=O)(=O)OCC1(C=O)OCCN1c1ccc(N2CCN(CCF)C(=O)C2)c(F)c1. The van der Waals surface area contributed by atoms with E-state index >= 15 is 0 Å². The predicted molar refractivity (Wildman–Crippen MR) is 104 cm³/mol. The van der Waals surface area contributed by atoms with Crippen molar-refractivity contribution in [2.45, 2.75) is 5.72 Å². The van der Waals surface area contributed by atoms with Crippen LogP contribution in [0, 0.1) is 5.82 Å². The predicted octanol–water partition coefficient (Wildman–Crippen LogP) is 0.152. The van der Waals surface area contributed by atoms with Gasteiger partial charge in [0.2, 0.25) is 11.6 Å². The van der Waals surface area contributed by atoms with E-state index < -0.39 is 34.9 Å². The molecule has 0 radical (unpaired) electrons. The second-order valence-corrected chi connectivity index (χ2v) is 8.70. The number of aldehydes is 1. The summed E-state index contributed by atoms with van der Waals surface area (Å²) in [4.78, 5) is 28.2. The molecule has 0 saturated carbocycles. The van der Waals surface area contributed by atoms with Gasteiger partial charge in [0.05, 0.1) is 25.1 Å². The van der Waals surface area contributed by atoms with E-state index in [0.717, 1.165) is 6.26 Å². The summed E-state index contributed by atoms with van der Waals surface area (Å²) >= 11 is 0. The molecule has 1 amide bonds. The molecule has 0 bridgehead atoms. The maximum Gasteiger partial charge on any atom is 0.264 e. The zero-order chi connectivity index (χ0) is 21.9. The number of rotatable bonds is 8. The van der Waals surface area contributed by atoms with Crippen LogP contribution in [0.3, 0.4) is 0 Å². The number of hydrogen-bond donors (Lipinski definition) is 0. The molecule has 2 aliphatic heterocycles. The smallest absolute Gasteiger partial charge is 0.264 e.